The summed E-state index contributed by atoms with van der Waals surface area (Å²) in [7, 11) is 4.11. The fraction of sp³-hybridized carbons (Fsp3) is 0.692. The standard InChI is InChI=1S/C13H24N2O3/c1-15(2)7-4-6-14-9-12(16)10-17-11-13-5-3-8-18-13/h3,5,8,12,14,16H,4,6-7,9-11H2,1-2H3. The van der Waals surface area contributed by atoms with Crippen LogP contribution in [0, 0.1) is 0 Å². The van der Waals surface area contributed by atoms with Crippen LogP contribution in [0.3, 0.4) is 0 Å². The van der Waals surface area contributed by atoms with E-state index in [1.54, 1.807) is 6.26 Å². The average Bonchev–Trinajstić information content (AvgIpc) is 2.81. The van der Waals surface area contributed by atoms with Crippen LogP contribution < -0.4 is 5.32 Å². The summed E-state index contributed by atoms with van der Waals surface area (Å²) >= 11 is 0. The zero-order chi connectivity index (χ0) is 13.2. The van der Waals surface area contributed by atoms with E-state index in [0.29, 0.717) is 19.8 Å². The molecule has 5 heteroatoms. The molecule has 0 spiro atoms. The molecule has 0 saturated heterocycles. The molecule has 1 aromatic rings. The molecule has 0 aliphatic heterocycles. The molecule has 2 N–H and O–H groups in total. The summed E-state index contributed by atoms with van der Waals surface area (Å²) < 4.78 is 10.5. The second-order valence-corrected chi connectivity index (χ2v) is 4.61. The maximum absolute atomic E-state index is 9.66. The largest absolute Gasteiger partial charge is 0.467 e. The Bertz CT molecular complexity index is 288. The first-order chi connectivity index (χ1) is 8.68. The Balaban J connectivity index is 1.92. The van der Waals surface area contributed by atoms with Crippen molar-refractivity contribution in [1.82, 2.24) is 10.2 Å². The van der Waals surface area contributed by atoms with Crippen LogP contribution in [0.1, 0.15) is 12.2 Å². The van der Waals surface area contributed by atoms with E-state index in [4.69, 9.17) is 9.15 Å². The van der Waals surface area contributed by atoms with Gasteiger partial charge in [0.05, 0.1) is 19.0 Å². The number of aliphatic hydroxyl groups excluding tert-OH is 1. The van der Waals surface area contributed by atoms with Crippen molar-refractivity contribution in [3.8, 4) is 0 Å². The van der Waals surface area contributed by atoms with Crippen molar-refractivity contribution >= 4 is 0 Å². The first kappa shape index (κ1) is 15.2. The third kappa shape index (κ3) is 7.45. The lowest BCUT2D eigenvalue weighted by molar-refractivity contribution is 0.0227. The lowest BCUT2D eigenvalue weighted by Gasteiger charge is -2.13. The highest BCUT2D eigenvalue weighted by Crippen LogP contribution is 2.01. The highest BCUT2D eigenvalue weighted by Gasteiger charge is 2.04. The Kier molecular flexibility index (Phi) is 7.68. The molecule has 18 heavy (non-hydrogen) atoms. The Morgan fingerprint density at radius 2 is 2.33 bits per heavy atom. The minimum absolute atomic E-state index is 0.321. The number of rotatable bonds is 10. The molecule has 104 valence electrons. The predicted octanol–water partition coefficient (Wildman–Crippen LogP) is 0.698. The molecule has 0 fully saturated rings. The number of aliphatic hydroxyl groups is 1. The van der Waals surface area contributed by atoms with E-state index < -0.39 is 6.10 Å². The summed E-state index contributed by atoms with van der Waals surface area (Å²) in [6.07, 6.45) is 2.22. The van der Waals surface area contributed by atoms with Gasteiger partial charge in [-0.25, -0.2) is 0 Å². The summed E-state index contributed by atoms with van der Waals surface area (Å²) in [5.41, 5.74) is 0. The fourth-order valence-electron chi connectivity index (χ4n) is 1.54. The Morgan fingerprint density at radius 3 is 3.00 bits per heavy atom. The van der Waals surface area contributed by atoms with Crippen molar-refractivity contribution in [3.63, 3.8) is 0 Å². The van der Waals surface area contributed by atoms with Gasteiger partial charge in [0.15, 0.2) is 0 Å². The van der Waals surface area contributed by atoms with E-state index in [1.165, 1.54) is 0 Å². The van der Waals surface area contributed by atoms with Crippen LogP contribution in [-0.4, -0.2) is 56.4 Å². The lowest BCUT2D eigenvalue weighted by atomic mass is 10.3. The fourth-order valence-corrected chi connectivity index (χ4v) is 1.54. The molecule has 0 amide bonds. The van der Waals surface area contributed by atoms with E-state index in [2.05, 4.69) is 24.3 Å². The van der Waals surface area contributed by atoms with Gasteiger partial charge in [0.2, 0.25) is 0 Å². The molecule has 1 unspecified atom stereocenters. The maximum Gasteiger partial charge on any atom is 0.129 e. The number of hydrogen-bond acceptors (Lipinski definition) is 5. The van der Waals surface area contributed by atoms with Gasteiger partial charge < -0.3 is 24.5 Å². The molecular weight excluding hydrogens is 232 g/mol. The lowest BCUT2D eigenvalue weighted by Crippen LogP contribution is -2.32. The Hall–Kier alpha value is -0.880. The van der Waals surface area contributed by atoms with Gasteiger partial charge in [0.25, 0.3) is 0 Å². The zero-order valence-electron chi connectivity index (χ0n) is 11.3. The van der Waals surface area contributed by atoms with Crippen molar-refractivity contribution in [3.05, 3.63) is 24.2 Å². The van der Waals surface area contributed by atoms with Gasteiger partial charge in [-0.15, -0.1) is 0 Å². The van der Waals surface area contributed by atoms with Gasteiger partial charge in [-0.05, 0) is 45.7 Å². The number of furan rings is 1. The van der Waals surface area contributed by atoms with Gasteiger partial charge in [0.1, 0.15) is 12.4 Å². The molecular formula is C13H24N2O3. The second-order valence-electron chi connectivity index (χ2n) is 4.61. The normalized spacial score (nSPS) is 13.1. The monoisotopic (exact) mass is 256 g/mol. The number of ether oxygens (including phenoxy) is 1. The van der Waals surface area contributed by atoms with Crippen LogP contribution in [0.15, 0.2) is 22.8 Å². The first-order valence-corrected chi connectivity index (χ1v) is 6.32. The van der Waals surface area contributed by atoms with Crippen molar-refractivity contribution in [1.29, 1.82) is 0 Å². The molecule has 0 bridgehead atoms. The van der Waals surface area contributed by atoms with Crippen molar-refractivity contribution < 1.29 is 14.3 Å². The number of nitrogens with one attached hydrogen (secondary N) is 1. The molecule has 1 rings (SSSR count). The van der Waals surface area contributed by atoms with Gasteiger partial charge in [-0.2, -0.15) is 0 Å². The third-order valence-electron chi connectivity index (χ3n) is 2.47. The highest BCUT2D eigenvalue weighted by molar-refractivity contribution is 4.96. The summed E-state index contributed by atoms with van der Waals surface area (Å²) in [4.78, 5) is 2.14. The maximum atomic E-state index is 9.66. The Labute approximate surface area is 109 Å². The number of hydrogen-bond donors (Lipinski definition) is 2. The van der Waals surface area contributed by atoms with Crippen LogP contribution in [0.4, 0.5) is 0 Å². The predicted molar refractivity (Wildman–Crippen MR) is 70.4 cm³/mol. The summed E-state index contributed by atoms with van der Waals surface area (Å²) in [5.74, 6) is 0.779. The van der Waals surface area contributed by atoms with Gasteiger partial charge >= 0.3 is 0 Å². The first-order valence-electron chi connectivity index (χ1n) is 6.32. The molecule has 5 nitrogen and oxygen atoms in total. The van der Waals surface area contributed by atoms with Crippen LogP contribution in [0.25, 0.3) is 0 Å². The summed E-state index contributed by atoms with van der Waals surface area (Å²) in [6, 6.07) is 3.67. The average molecular weight is 256 g/mol. The van der Waals surface area contributed by atoms with E-state index >= 15 is 0 Å². The molecule has 0 aromatic carbocycles. The number of nitrogens with zero attached hydrogens (tertiary/aromatic N) is 1. The van der Waals surface area contributed by atoms with Gasteiger partial charge in [0, 0.05) is 6.54 Å². The molecule has 0 radical (unpaired) electrons. The molecule has 1 aromatic heterocycles. The zero-order valence-corrected chi connectivity index (χ0v) is 11.3. The van der Waals surface area contributed by atoms with Gasteiger partial charge in [-0.1, -0.05) is 0 Å². The van der Waals surface area contributed by atoms with Crippen LogP contribution >= 0.6 is 0 Å². The smallest absolute Gasteiger partial charge is 0.129 e. The summed E-state index contributed by atoms with van der Waals surface area (Å²) in [5, 5.41) is 12.9. The quantitative estimate of drug-likeness (QED) is 0.603. The van der Waals surface area contributed by atoms with E-state index in [1.807, 2.05) is 12.1 Å². The Morgan fingerprint density at radius 1 is 1.50 bits per heavy atom. The van der Waals surface area contributed by atoms with Crippen molar-refractivity contribution in [2.24, 2.45) is 0 Å². The second kappa shape index (κ2) is 9.10. The van der Waals surface area contributed by atoms with E-state index in [-0.39, 0.29) is 0 Å². The minimum Gasteiger partial charge on any atom is -0.467 e. The highest BCUT2D eigenvalue weighted by atomic mass is 16.5. The van der Waals surface area contributed by atoms with Crippen molar-refractivity contribution in [2.45, 2.75) is 19.1 Å². The molecule has 0 saturated carbocycles. The minimum atomic E-state index is -0.473. The van der Waals surface area contributed by atoms with Crippen LogP contribution in [0.5, 0.6) is 0 Å². The van der Waals surface area contributed by atoms with Crippen LogP contribution in [-0.2, 0) is 11.3 Å². The molecule has 0 aliphatic carbocycles. The molecule has 1 heterocycles. The SMILES string of the molecule is CN(C)CCCNCC(O)COCc1ccco1. The van der Waals surface area contributed by atoms with E-state index in [0.717, 1.165) is 25.3 Å². The topological polar surface area (TPSA) is 57.9 Å². The third-order valence-corrected chi connectivity index (χ3v) is 2.47. The molecule has 1 atom stereocenters. The van der Waals surface area contributed by atoms with Gasteiger partial charge in [-0.3, -0.25) is 0 Å². The van der Waals surface area contributed by atoms with Crippen LogP contribution in [0.2, 0.25) is 0 Å². The molecule has 0 aliphatic rings. The van der Waals surface area contributed by atoms with E-state index in [9.17, 15) is 5.11 Å². The summed E-state index contributed by atoms with van der Waals surface area (Å²) in [6.45, 7) is 3.25. The van der Waals surface area contributed by atoms with Crippen molar-refractivity contribution in [2.75, 3.05) is 40.3 Å².